The molecule has 0 spiro atoms. The zero-order valence-electron chi connectivity index (χ0n) is 14.1. The third-order valence-corrected chi connectivity index (χ3v) is 4.86. The fourth-order valence-electron chi connectivity index (χ4n) is 2.18. The summed E-state index contributed by atoms with van der Waals surface area (Å²) in [5.41, 5.74) is 1.89. The SMILES string of the molecule is COc1ccc(CNC(=O)CS[C@H](C)c2cccc([N+](=O)[O-])c2)cc1. The first-order valence-corrected chi connectivity index (χ1v) is 8.80. The lowest BCUT2D eigenvalue weighted by molar-refractivity contribution is -0.384. The van der Waals surface area contributed by atoms with Crippen LogP contribution in [-0.2, 0) is 11.3 Å². The summed E-state index contributed by atoms with van der Waals surface area (Å²) in [5, 5.41) is 13.7. The number of nitrogens with zero attached hydrogens (tertiary/aromatic N) is 1. The van der Waals surface area contributed by atoms with Crippen LogP contribution in [0.5, 0.6) is 5.75 Å². The van der Waals surface area contributed by atoms with Crippen LogP contribution in [0.3, 0.4) is 0 Å². The lowest BCUT2D eigenvalue weighted by Crippen LogP contribution is -2.24. The zero-order valence-corrected chi connectivity index (χ0v) is 14.9. The molecule has 7 heteroatoms. The molecule has 6 nitrogen and oxygen atoms in total. The molecular formula is C18H20N2O4S. The highest BCUT2D eigenvalue weighted by Crippen LogP contribution is 2.29. The number of hydrogen-bond donors (Lipinski definition) is 1. The van der Waals surface area contributed by atoms with E-state index < -0.39 is 4.92 Å². The number of non-ortho nitro benzene ring substituents is 1. The number of hydrogen-bond acceptors (Lipinski definition) is 5. The molecule has 25 heavy (non-hydrogen) atoms. The van der Waals surface area contributed by atoms with Crippen molar-refractivity contribution in [2.75, 3.05) is 12.9 Å². The second-order valence-corrected chi connectivity index (χ2v) is 6.76. The lowest BCUT2D eigenvalue weighted by atomic mass is 10.1. The van der Waals surface area contributed by atoms with Gasteiger partial charge in [0.2, 0.25) is 5.91 Å². The number of carbonyl (C=O) groups is 1. The van der Waals surface area contributed by atoms with Crippen LogP contribution in [0.15, 0.2) is 48.5 Å². The van der Waals surface area contributed by atoms with Crippen molar-refractivity contribution in [3.05, 3.63) is 69.8 Å². The van der Waals surface area contributed by atoms with Crippen molar-refractivity contribution in [2.24, 2.45) is 0 Å². The largest absolute Gasteiger partial charge is 0.497 e. The fourth-order valence-corrected chi connectivity index (χ4v) is 3.03. The molecule has 2 rings (SSSR count). The molecule has 0 bridgehead atoms. The Morgan fingerprint density at radius 1 is 1.28 bits per heavy atom. The van der Waals surface area contributed by atoms with E-state index in [1.165, 1.54) is 17.8 Å². The van der Waals surface area contributed by atoms with Gasteiger partial charge < -0.3 is 10.1 Å². The smallest absolute Gasteiger partial charge is 0.269 e. The number of benzene rings is 2. The van der Waals surface area contributed by atoms with Crippen molar-refractivity contribution in [3.63, 3.8) is 0 Å². The summed E-state index contributed by atoms with van der Waals surface area (Å²) >= 11 is 1.44. The minimum absolute atomic E-state index is 0.00774. The predicted molar refractivity (Wildman–Crippen MR) is 98.8 cm³/mol. The van der Waals surface area contributed by atoms with E-state index in [9.17, 15) is 14.9 Å². The molecule has 2 aromatic carbocycles. The maximum Gasteiger partial charge on any atom is 0.269 e. The minimum Gasteiger partial charge on any atom is -0.497 e. The lowest BCUT2D eigenvalue weighted by Gasteiger charge is -2.12. The minimum atomic E-state index is -0.414. The summed E-state index contributed by atoms with van der Waals surface area (Å²) in [6.07, 6.45) is 0. The third kappa shape index (κ3) is 5.79. The number of amides is 1. The molecule has 0 saturated heterocycles. The van der Waals surface area contributed by atoms with Gasteiger partial charge in [0.1, 0.15) is 5.75 Å². The highest BCUT2D eigenvalue weighted by molar-refractivity contribution is 8.00. The van der Waals surface area contributed by atoms with Gasteiger partial charge in [0.05, 0.1) is 17.8 Å². The van der Waals surface area contributed by atoms with Crippen molar-refractivity contribution in [1.82, 2.24) is 5.32 Å². The monoisotopic (exact) mass is 360 g/mol. The van der Waals surface area contributed by atoms with Crippen LogP contribution >= 0.6 is 11.8 Å². The second kappa shape index (κ2) is 9.08. The summed E-state index contributed by atoms with van der Waals surface area (Å²) < 4.78 is 5.09. The Morgan fingerprint density at radius 3 is 2.64 bits per heavy atom. The van der Waals surface area contributed by atoms with Gasteiger partial charge in [-0.1, -0.05) is 24.3 Å². The van der Waals surface area contributed by atoms with Crippen LogP contribution in [-0.4, -0.2) is 23.7 Å². The number of nitro benzene ring substituents is 1. The molecule has 132 valence electrons. The van der Waals surface area contributed by atoms with E-state index in [0.717, 1.165) is 16.9 Å². The summed E-state index contributed by atoms with van der Waals surface area (Å²) in [6, 6.07) is 14.0. The first kappa shape index (κ1) is 18.8. The molecule has 1 amide bonds. The standard InChI is InChI=1S/C18H20N2O4S/c1-13(15-4-3-5-16(10-15)20(22)23)25-12-18(21)19-11-14-6-8-17(24-2)9-7-14/h3-10,13H,11-12H2,1-2H3,(H,19,21)/t13-/m1/s1. The average molecular weight is 360 g/mol. The number of methoxy groups -OCH3 is 1. The van der Waals surface area contributed by atoms with Crippen LogP contribution in [0.4, 0.5) is 5.69 Å². The normalized spacial score (nSPS) is 11.6. The number of nitrogens with one attached hydrogen (secondary N) is 1. The molecule has 1 N–H and O–H groups in total. The van der Waals surface area contributed by atoms with Crippen LogP contribution in [0.25, 0.3) is 0 Å². The van der Waals surface area contributed by atoms with Gasteiger partial charge in [0, 0.05) is 23.9 Å². The van der Waals surface area contributed by atoms with E-state index in [0.29, 0.717) is 12.3 Å². The number of ether oxygens (including phenoxy) is 1. The third-order valence-electron chi connectivity index (χ3n) is 3.66. The second-order valence-electron chi connectivity index (χ2n) is 5.43. The van der Waals surface area contributed by atoms with Gasteiger partial charge in [-0.25, -0.2) is 0 Å². The predicted octanol–water partition coefficient (Wildman–Crippen LogP) is 3.71. The van der Waals surface area contributed by atoms with Crippen molar-refractivity contribution in [1.29, 1.82) is 0 Å². The molecule has 1 atom stereocenters. The van der Waals surface area contributed by atoms with Crippen molar-refractivity contribution in [2.45, 2.75) is 18.7 Å². The Labute approximate surface area is 150 Å². The maximum atomic E-state index is 12.0. The molecule has 0 fully saturated rings. The van der Waals surface area contributed by atoms with Gasteiger partial charge in [-0.05, 0) is 30.2 Å². The summed E-state index contributed by atoms with van der Waals surface area (Å²) in [7, 11) is 1.61. The average Bonchev–Trinajstić information content (AvgIpc) is 2.64. The number of thioether (sulfide) groups is 1. The van der Waals surface area contributed by atoms with E-state index in [1.54, 1.807) is 19.2 Å². The molecule has 0 aromatic heterocycles. The molecule has 0 aliphatic carbocycles. The molecule has 0 heterocycles. The van der Waals surface area contributed by atoms with Crippen molar-refractivity contribution in [3.8, 4) is 5.75 Å². The molecule has 0 unspecified atom stereocenters. The van der Waals surface area contributed by atoms with Gasteiger partial charge in [0.15, 0.2) is 0 Å². The Balaban J connectivity index is 1.80. The molecule has 0 aliphatic rings. The van der Waals surface area contributed by atoms with Gasteiger partial charge in [-0.3, -0.25) is 14.9 Å². The summed E-state index contributed by atoms with van der Waals surface area (Å²) in [5.74, 6) is 0.995. The van der Waals surface area contributed by atoms with Crippen LogP contribution in [0, 0.1) is 10.1 Å². The topological polar surface area (TPSA) is 81.5 Å². The molecular weight excluding hydrogens is 340 g/mol. The first-order valence-electron chi connectivity index (χ1n) is 7.75. The Bertz CT molecular complexity index is 734. The van der Waals surface area contributed by atoms with E-state index in [2.05, 4.69) is 5.32 Å². The fraction of sp³-hybridized carbons (Fsp3) is 0.278. The van der Waals surface area contributed by atoms with Crippen LogP contribution < -0.4 is 10.1 Å². The van der Waals surface area contributed by atoms with Gasteiger partial charge in [0.25, 0.3) is 5.69 Å². The highest BCUT2D eigenvalue weighted by Gasteiger charge is 2.13. The van der Waals surface area contributed by atoms with E-state index in [4.69, 9.17) is 4.74 Å². The molecule has 0 radical (unpaired) electrons. The first-order chi connectivity index (χ1) is 12.0. The van der Waals surface area contributed by atoms with Crippen molar-refractivity contribution >= 4 is 23.4 Å². The van der Waals surface area contributed by atoms with Crippen LogP contribution in [0.2, 0.25) is 0 Å². The Hall–Kier alpha value is -2.54. The quantitative estimate of drug-likeness (QED) is 0.573. The zero-order chi connectivity index (χ0) is 18.2. The molecule has 0 aliphatic heterocycles. The Kier molecular flexibility index (Phi) is 6.82. The van der Waals surface area contributed by atoms with Crippen molar-refractivity contribution < 1.29 is 14.5 Å². The van der Waals surface area contributed by atoms with E-state index in [1.807, 2.05) is 37.3 Å². The summed E-state index contributed by atoms with van der Waals surface area (Å²) in [4.78, 5) is 22.4. The van der Waals surface area contributed by atoms with Gasteiger partial charge in [-0.2, -0.15) is 0 Å². The maximum absolute atomic E-state index is 12.0. The van der Waals surface area contributed by atoms with E-state index in [-0.39, 0.29) is 16.8 Å². The molecule has 2 aromatic rings. The Morgan fingerprint density at radius 2 is 2.00 bits per heavy atom. The highest BCUT2D eigenvalue weighted by atomic mass is 32.2. The number of nitro groups is 1. The summed E-state index contributed by atoms with van der Waals surface area (Å²) in [6.45, 7) is 2.38. The number of rotatable bonds is 8. The number of carbonyl (C=O) groups excluding carboxylic acids is 1. The van der Waals surface area contributed by atoms with E-state index >= 15 is 0 Å². The van der Waals surface area contributed by atoms with Crippen LogP contribution in [0.1, 0.15) is 23.3 Å². The van der Waals surface area contributed by atoms with Gasteiger partial charge in [-0.15, -0.1) is 11.8 Å². The van der Waals surface area contributed by atoms with Gasteiger partial charge >= 0.3 is 0 Å². The molecule has 0 saturated carbocycles.